The second kappa shape index (κ2) is 7.00. The van der Waals surface area contributed by atoms with Crippen LogP contribution >= 0.6 is 12.2 Å². The van der Waals surface area contributed by atoms with Gasteiger partial charge in [-0.1, -0.05) is 0 Å². The molecule has 0 aliphatic heterocycles. The number of carboxylic acid groups (broad SMARTS) is 2. The Balaban J connectivity index is 4.56. The number of aliphatic carboxylic acids is 2. The maximum atomic E-state index is 10.6. The molecule has 0 aliphatic rings. The first-order valence-corrected chi connectivity index (χ1v) is 5.30. The fourth-order valence-corrected chi connectivity index (χ4v) is 1.54. The Kier molecular flexibility index (Phi) is 6.40. The Bertz CT molecular complexity index is 257. The van der Waals surface area contributed by atoms with E-state index >= 15 is 0 Å². The lowest BCUT2D eigenvalue weighted by Crippen LogP contribution is -2.46. The summed E-state index contributed by atoms with van der Waals surface area (Å²) in [5.41, 5.74) is 0. The van der Waals surface area contributed by atoms with Crippen molar-refractivity contribution in [3.8, 4) is 0 Å². The molecule has 2 N–H and O–H groups in total. The number of likely N-dealkylation sites (N-methyl/N-ethyl adjacent to an activating group) is 2. The monoisotopic (exact) mass is 248 g/mol. The van der Waals surface area contributed by atoms with Crippen molar-refractivity contribution in [3.05, 3.63) is 0 Å². The van der Waals surface area contributed by atoms with E-state index in [1.807, 2.05) is 0 Å². The topological polar surface area (TPSA) is 81.1 Å². The standard InChI is InChI=1S/C9H16N2O4S/c1-3-10(5-7(12)13)9(16)11(4-2)6-8(14)15/h3-6H2,1-2H3,(H,12,13)(H,14,15). The minimum atomic E-state index is -0.990. The Morgan fingerprint density at radius 2 is 1.31 bits per heavy atom. The van der Waals surface area contributed by atoms with E-state index in [4.69, 9.17) is 22.4 Å². The van der Waals surface area contributed by atoms with Crippen LogP contribution in [0.25, 0.3) is 0 Å². The summed E-state index contributed by atoms with van der Waals surface area (Å²) in [6.07, 6.45) is 0. The van der Waals surface area contributed by atoms with E-state index in [0.717, 1.165) is 0 Å². The van der Waals surface area contributed by atoms with Crippen LogP contribution in [0.1, 0.15) is 13.8 Å². The molecular weight excluding hydrogens is 232 g/mol. The van der Waals surface area contributed by atoms with Crippen molar-refractivity contribution in [1.29, 1.82) is 0 Å². The van der Waals surface area contributed by atoms with Crippen molar-refractivity contribution in [2.75, 3.05) is 26.2 Å². The molecule has 0 radical (unpaired) electrons. The molecule has 0 bridgehead atoms. The van der Waals surface area contributed by atoms with Crippen LogP contribution in [0.2, 0.25) is 0 Å². The molecule has 92 valence electrons. The van der Waals surface area contributed by atoms with Crippen molar-refractivity contribution < 1.29 is 19.8 Å². The lowest BCUT2D eigenvalue weighted by atomic mass is 10.4. The van der Waals surface area contributed by atoms with Crippen molar-refractivity contribution in [3.63, 3.8) is 0 Å². The second-order valence-corrected chi connectivity index (χ2v) is 3.46. The van der Waals surface area contributed by atoms with Crippen LogP contribution in [0.3, 0.4) is 0 Å². The first-order chi connectivity index (χ1) is 7.42. The van der Waals surface area contributed by atoms with Crippen molar-refractivity contribution in [2.45, 2.75) is 13.8 Å². The molecule has 0 aromatic heterocycles. The molecule has 0 unspecified atom stereocenters. The van der Waals surface area contributed by atoms with Crippen LogP contribution < -0.4 is 0 Å². The van der Waals surface area contributed by atoms with E-state index in [9.17, 15) is 9.59 Å². The Morgan fingerprint density at radius 1 is 1.00 bits per heavy atom. The molecular formula is C9H16N2O4S. The van der Waals surface area contributed by atoms with Gasteiger partial charge in [0.2, 0.25) is 0 Å². The molecule has 6 nitrogen and oxygen atoms in total. The molecule has 16 heavy (non-hydrogen) atoms. The highest BCUT2D eigenvalue weighted by Gasteiger charge is 2.18. The molecule has 0 spiro atoms. The largest absolute Gasteiger partial charge is 0.480 e. The van der Waals surface area contributed by atoms with Crippen LogP contribution in [0.5, 0.6) is 0 Å². The van der Waals surface area contributed by atoms with Gasteiger partial charge in [0, 0.05) is 13.1 Å². The minimum absolute atomic E-state index is 0.217. The van der Waals surface area contributed by atoms with Gasteiger partial charge in [-0.3, -0.25) is 9.59 Å². The molecule has 0 heterocycles. The third kappa shape index (κ3) is 4.92. The summed E-state index contributed by atoms with van der Waals surface area (Å²) in [4.78, 5) is 24.0. The Labute approximate surface area is 99.4 Å². The highest BCUT2D eigenvalue weighted by Crippen LogP contribution is 2.00. The lowest BCUT2D eigenvalue weighted by Gasteiger charge is -2.30. The third-order valence-electron chi connectivity index (χ3n) is 1.96. The van der Waals surface area contributed by atoms with Gasteiger partial charge in [0.25, 0.3) is 0 Å². The summed E-state index contributed by atoms with van der Waals surface area (Å²) in [5.74, 6) is -1.98. The third-order valence-corrected chi connectivity index (χ3v) is 2.47. The predicted octanol–water partition coefficient (Wildman–Crippen LogP) is 0.0843. The number of carbonyl (C=O) groups is 2. The first-order valence-electron chi connectivity index (χ1n) is 4.89. The molecule has 0 saturated carbocycles. The van der Waals surface area contributed by atoms with Gasteiger partial charge in [0.15, 0.2) is 5.11 Å². The maximum Gasteiger partial charge on any atom is 0.323 e. The molecule has 0 aromatic rings. The summed E-state index contributed by atoms with van der Waals surface area (Å²) < 4.78 is 0. The highest BCUT2D eigenvalue weighted by atomic mass is 32.1. The van der Waals surface area contributed by atoms with Crippen LogP contribution in [0.15, 0.2) is 0 Å². The second-order valence-electron chi connectivity index (χ2n) is 3.10. The number of carboxylic acids is 2. The van der Waals surface area contributed by atoms with E-state index in [1.165, 1.54) is 9.80 Å². The van der Waals surface area contributed by atoms with E-state index in [-0.39, 0.29) is 18.2 Å². The molecule has 0 saturated heterocycles. The Hall–Kier alpha value is -1.37. The summed E-state index contributed by atoms with van der Waals surface area (Å²) in [7, 11) is 0. The van der Waals surface area contributed by atoms with Crippen molar-refractivity contribution in [2.24, 2.45) is 0 Å². The van der Waals surface area contributed by atoms with Crippen LogP contribution in [0, 0.1) is 0 Å². The quantitative estimate of drug-likeness (QED) is 0.644. The molecule has 0 fully saturated rings. The smallest absolute Gasteiger partial charge is 0.323 e. The zero-order chi connectivity index (χ0) is 12.7. The number of nitrogens with zero attached hydrogens (tertiary/aromatic N) is 2. The van der Waals surface area contributed by atoms with Crippen molar-refractivity contribution >= 4 is 29.3 Å². The van der Waals surface area contributed by atoms with Gasteiger partial charge in [-0.05, 0) is 26.1 Å². The first kappa shape index (κ1) is 14.6. The zero-order valence-corrected chi connectivity index (χ0v) is 10.2. The fraction of sp³-hybridized carbons (Fsp3) is 0.667. The molecule has 0 amide bonds. The summed E-state index contributed by atoms with van der Waals surface area (Å²) in [5, 5.41) is 17.6. The van der Waals surface area contributed by atoms with Crippen LogP contribution in [-0.4, -0.2) is 63.2 Å². The maximum absolute atomic E-state index is 10.6. The van der Waals surface area contributed by atoms with E-state index < -0.39 is 11.9 Å². The van der Waals surface area contributed by atoms with Gasteiger partial charge < -0.3 is 20.0 Å². The van der Waals surface area contributed by atoms with Gasteiger partial charge in [-0.2, -0.15) is 0 Å². The Morgan fingerprint density at radius 3 is 1.50 bits per heavy atom. The SMILES string of the molecule is CCN(CC(=O)O)C(=S)N(CC)CC(=O)O. The summed E-state index contributed by atoms with van der Waals surface area (Å²) in [6.45, 7) is 3.97. The number of hydrogen-bond acceptors (Lipinski definition) is 3. The fourth-order valence-electron chi connectivity index (χ4n) is 1.16. The van der Waals surface area contributed by atoms with E-state index in [1.54, 1.807) is 13.8 Å². The van der Waals surface area contributed by atoms with Gasteiger partial charge in [-0.25, -0.2) is 0 Å². The molecule has 7 heteroatoms. The lowest BCUT2D eigenvalue weighted by molar-refractivity contribution is -0.137. The minimum Gasteiger partial charge on any atom is -0.480 e. The average Bonchev–Trinajstić information content (AvgIpc) is 2.20. The van der Waals surface area contributed by atoms with Crippen molar-refractivity contribution in [1.82, 2.24) is 9.80 Å². The van der Waals surface area contributed by atoms with Gasteiger partial charge in [-0.15, -0.1) is 0 Å². The number of rotatable bonds is 6. The van der Waals surface area contributed by atoms with Gasteiger partial charge in [0.1, 0.15) is 13.1 Å². The zero-order valence-electron chi connectivity index (χ0n) is 9.34. The molecule has 0 atom stereocenters. The van der Waals surface area contributed by atoms with Crippen LogP contribution in [0.4, 0.5) is 0 Å². The van der Waals surface area contributed by atoms with Crippen LogP contribution in [-0.2, 0) is 9.59 Å². The number of thiocarbonyl (C=S) groups is 1. The van der Waals surface area contributed by atoms with Gasteiger partial charge in [0.05, 0.1) is 0 Å². The summed E-state index contributed by atoms with van der Waals surface area (Å²) >= 11 is 5.06. The van der Waals surface area contributed by atoms with E-state index in [2.05, 4.69) is 0 Å². The highest BCUT2D eigenvalue weighted by molar-refractivity contribution is 7.80. The predicted molar refractivity (Wildman–Crippen MR) is 62.4 cm³/mol. The average molecular weight is 248 g/mol. The number of hydrogen-bond donors (Lipinski definition) is 2. The molecule has 0 aliphatic carbocycles. The van der Waals surface area contributed by atoms with Gasteiger partial charge >= 0.3 is 11.9 Å². The molecule has 0 aromatic carbocycles. The normalized spacial score (nSPS) is 9.62. The van der Waals surface area contributed by atoms with E-state index in [0.29, 0.717) is 13.1 Å². The summed E-state index contributed by atoms with van der Waals surface area (Å²) in [6, 6.07) is 0. The molecule has 0 rings (SSSR count).